The molecule has 6 heteroatoms. The van der Waals surface area contributed by atoms with Gasteiger partial charge in [0.2, 0.25) is 11.2 Å². The average molecular weight is 257 g/mol. The summed E-state index contributed by atoms with van der Waals surface area (Å²) in [6.07, 6.45) is 3.01. The van der Waals surface area contributed by atoms with E-state index in [4.69, 9.17) is 11.6 Å². The Labute approximate surface area is 106 Å². The van der Waals surface area contributed by atoms with Crippen molar-refractivity contribution in [1.29, 1.82) is 0 Å². The lowest BCUT2D eigenvalue weighted by molar-refractivity contribution is -0.120. The summed E-state index contributed by atoms with van der Waals surface area (Å²) in [5.74, 6) is 0.713. The van der Waals surface area contributed by atoms with Crippen LogP contribution in [-0.4, -0.2) is 29.0 Å². The van der Waals surface area contributed by atoms with Crippen LogP contribution in [0.3, 0.4) is 0 Å². The molecule has 0 aliphatic rings. The van der Waals surface area contributed by atoms with Crippen molar-refractivity contribution >= 4 is 23.3 Å². The molecule has 0 aliphatic carbocycles. The molecule has 0 aliphatic heterocycles. The number of nitrogens with zero attached hydrogens (tertiary/aromatic N) is 2. The Balaban J connectivity index is 2.35. The third kappa shape index (κ3) is 4.99. The van der Waals surface area contributed by atoms with E-state index in [-0.39, 0.29) is 11.2 Å². The first-order valence-electron chi connectivity index (χ1n) is 5.63. The molecule has 0 saturated heterocycles. The number of rotatable bonds is 6. The predicted molar refractivity (Wildman–Crippen MR) is 68.2 cm³/mol. The van der Waals surface area contributed by atoms with E-state index in [2.05, 4.69) is 20.6 Å². The van der Waals surface area contributed by atoms with Crippen LogP contribution in [0, 0.1) is 6.92 Å². The summed E-state index contributed by atoms with van der Waals surface area (Å²) in [5, 5.41) is 6.07. The molecule has 0 unspecified atom stereocenters. The smallest absolute Gasteiger partial charge is 0.224 e. The number of aromatic nitrogens is 2. The van der Waals surface area contributed by atoms with Crippen molar-refractivity contribution in [3.63, 3.8) is 0 Å². The van der Waals surface area contributed by atoms with E-state index in [1.807, 2.05) is 13.8 Å². The number of amides is 1. The molecule has 1 aromatic rings. The van der Waals surface area contributed by atoms with Gasteiger partial charge in [-0.3, -0.25) is 4.79 Å². The van der Waals surface area contributed by atoms with Crippen molar-refractivity contribution in [1.82, 2.24) is 15.3 Å². The Kier molecular flexibility index (Phi) is 5.69. The Morgan fingerprint density at radius 2 is 2.24 bits per heavy atom. The molecule has 1 aromatic heterocycles. The molecule has 0 bridgehead atoms. The fourth-order valence-corrected chi connectivity index (χ4v) is 1.38. The fraction of sp³-hybridized carbons (Fsp3) is 0.545. The second kappa shape index (κ2) is 7.06. The van der Waals surface area contributed by atoms with Gasteiger partial charge in [-0.2, -0.15) is 0 Å². The van der Waals surface area contributed by atoms with E-state index in [1.54, 1.807) is 6.20 Å². The maximum atomic E-state index is 11.3. The van der Waals surface area contributed by atoms with E-state index in [1.165, 1.54) is 0 Å². The van der Waals surface area contributed by atoms with Gasteiger partial charge < -0.3 is 10.6 Å². The first-order valence-corrected chi connectivity index (χ1v) is 6.01. The van der Waals surface area contributed by atoms with Gasteiger partial charge in [-0.25, -0.2) is 9.97 Å². The SMILES string of the molecule is CCCNC(=O)CCNc1nc(Cl)ncc1C. The number of aryl methyl sites for hydroxylation is 1. The minimum atomic E-state index is 0.0390. The Morgan fingerprint density at radius 3 is 2.94 bits per heavy atom. The highest BCUT2D eigenvalue weighted by Gasteiger charge is 2.03. The standard InChI is InChI=1S/C11H17ClN4O/c1-3-5-13-9(17)4-6-14-10-8(2)7-15-11(12)16-10/h7H,3-6H2,1-2H3,(H,13,17)(H,14,15,16). The lowest BCUT2D eigenvalue weighted by atomic mass is 10.3. The molecule has 0 fully saturated rings. The zero-order chi connectivity index (χ0) is 12.7. The Morgan fingerprint density at radius 1 is 1.47 bits per heavy atom. The molecule has 0 aromatic carbocycles. The molecule has 17 heavy (non-hydrogen) atoms. The quantitative estimate of drug-likeness (QED) is 0.762. The highest BCUT2D eigenvalue weighted by atomic mass is 35.5. The van der Waals surface area contributed by atoms with Crippen LogP contribution in [0.25, 0.3) is 0 Å². The van der Waals surface area contributed by atoms with Gasteiger partial charge in [0.05, 0.1) is 0 Å². The number of carbonyl (C=O) groups is 1. The zero-order valence-electron chi connectivity index (χ0n) is 10.1. The van der Waals surface area contributed by atoms with Gasteiger partial charge in [0.1, 0.15) is 5.82 Å². The largest absolute Gasteiger partial charge is 0.369 e. The monoisotopic (exact) mass is 256 g/mol. The molecule has 2 N–H and O–H groups in total. The molecule has 1 rings (SSSR count). The summed E-state index contributed by atoms with van der Waals surface area (Å²) in [6.45, 7) is 5.15. The molecular weight excluding hydrogens is 240 g/mol. The number of anilines is 1. The third-order valence-corrected chi connectivity index (χ3v) is 2.34. The van der Waals surface area contributed by atoms with Crippen LogP contribution in [0.2, 0.25) is 5.28 Å². The molecular formula is C11H17ClN4O. The maximum Gasteiger partial charge on any atom is 0.224 e. The van der Waals surface area contributed by atoms with Gasteiger partial charge in [0, 0.05) is 31.3 Å². The third-order valence-electron chi connectivity index (χ3n) is 2.16. The van der Waals surface area contributed by atoms with E-state index >= 15 is 0 Å². The van der Waals surface area contributed by atoms with Crippen LogP contribution < -0.4 is 10.6 Å². The molecule has 1 amide bonds. The highest BCUT2D eigenvalue weighted by molar-refractivity contribution is 6.28. The summed E-state index contributed by atoms with van der Waals surface area (Å²) in [7, 11) is 0. The second-order valence-electron chi connectivity index (χ2n) is 3.70. The number of hydrogen-bond acceptors (Lipinski definition) is 4. The van der Waals surface area contributed by atoms with Crippen LogP contribution in [-0.2, 0) is 4.79 Å². The van der Waals surface area contributed by atoms with Gasteiger partial charge in [-0.15, -0.1) is 0 Å². The van der Waals surface area contributed by atoms with Gasteiger partial charge in [-0.1, -0.05) is 6.92 Å². The number of nitrogens with one attached hydrogen (secondary N) is 2. The van der Waals surface area contributed by atoms with Gasteiger partial charge in [0.25, 0.3) is 0 Å². The van der Waals surface area contributed by atoms with Crippen LogP contribution in [0.1, 0.15) is 25.3 Å². The van der Waals surface area contributed by atoms with Crippen molar-refractivity contribution in [3.05, 3.63) is 17.0 Å². The lowest BCUT2D eigenvalue weighted by Gasteiger charge is -2.08. The van der Waals surface area contributed by atoms with Gasteiger partial charge >= 0.3 is 0 Å². The molecule has 0 saturated carbocycles. The molecule has 1 heterocycles. The predicted octanol–water partition coefficient (Wildman–Crippen LogP) is 1.77. The minimum Gasteiger partial charge on any atom is -0.369 e. The first kappa shape index (κ1) is 13.7. The van der Waals surface area contributed by atoms with E-state index in [9.17, 15) is 4.79 Å². The van der Waals surface area contributed by atoms with Crippen molar-refractivity contribution in [2.75, 3.05) is 18.4 Å². The first-order chi connectivity index (χ1) is 8.13. The minimum absolute atomic E-state index is 0.0390. The number of carbonyl (C=O) groups excluding carboxylic acids is 1. The summed E-state index contributed by atoms with van der Waals surface area (Å²) in [4.78, 5) is 19.2. The van der Waals surface area contributed by atoms with Crippen molar-refractivity contribution in [3.8, 4) is 0 Å². The maximum absolute atomic E-state index is 11.3. The summed E-state index contributed by atoms with van der Waals surface area (Å²) >= 11 is 5.69. The second-order valence-corrected chi connectivity index (χ2v) is 4.04. The molecule has 0 radical (unpaired) electrons. The van der Waals surface area contributed by atoms with Crippen LogP contribution in [0.4, 0.5) is 5.82 Å². The summed E-state index contributed by atoms with van der Waals surface area (Å²) in [5.41, 5.74) is 0.906. The van der Waals surface area contributed by atoms with E-state index < -0.39 is 0 Å². The Bertz CT molecular complexity index is 384. The number of halogens is 1. The summed E-state index contributed by atoms with van der Waals surface area (Å²) in [6, 6.07) is 0. The van der Waals surface area contributed by atoms with Crippen molar-refractivity contribution in [2.24, 2.45) is 0 Å². The van der Waals surface area contributed by atoms with Gasteiger partial charge in [0.15, 0.2) is 0 Å². The number of hydrogen-bond donors (Lipinski definition) is 2. The lowest BCUT2D eigenvalue weighted by Crippen LogP contribution is -2.26. The average Bonchev–Trinajstić information content (AvgIpc) is 2.31. The van der Waals surface area contributed by atoms with Gasteiger partial charge in [-0.05, 0) is 24.9 Å². The normalized spacial score (nSPS) is 10.1. The van der Waals surface area contributed by atoms with Crippen LogP contribution in [0.15, 0.2) is 6.20 Å². The topological polar surface area (TPSA) is 66.9 Å². The van der Waals surface area contributed by atoms with E-state index in [0.717, 1.165) is 18.5 Å². The highest BCUT2D eigenvalue weighted by Crippen LogP contribution is 2.12. The van der Waals surface area contributed by atoms with Crippen molar-refractivity contribution < 1.29 is 4.79 Å². The molecule has 0 atom stereocenters. The summed E-state index contributed by atoms with van der Waals surface area (Å²) < 4.78 is 0. The molecule has 0 spiro atoms. The Hall–Kier alpha value is -1.36. The van der Waals surface area contributed by atoms with E-state index in [0.29, 0.717) is 18.8 Å². The molecule has 94 valence electrons. The fourth-order valence-electron chi connectivity index (χ4n) is 1.25. The van der Waals surface area contributed by atoms with Crippen molar-refractivity contribution in [2.45, 2.75) is 26.7 Å². The molecule has 5 nitrogen and oxygen atoms in total. The van der Waals surface area contributed by atoms with Crippen LogP contribution >= 0.6 is 11.6 Å². The van der Waals surface area contributed by atoms with Crippen LogP contribution in [0.5, 0.6) is 0 Å². The zero-order valence-corrected chi connectivity index (χ0v) is 10.8.